The molecule has 1 amide bonds. The van der Waals surface area contributed by atoms with Gasteiger partial charge in [0.1, 0.15) is 6.33 Å². The van der Waals surface area contributed by atoms with E-state index in [0.717, 1.165) is 6.07 Å². The number of aliphatic hydroxyl groups is 2. The summed E-state index contributed by atoms with van der Waals surface area (Å²) in [6, 6.07) is 8.29. The lowest BCUT2D eigenvalue weighted by Gasteiger charge is -2.29. The molecule has 2 aromatic carbocycles. The van der Waals surface area contributed by atoms with Crippen molar-refractivity contribution in [3.63, 3.8) is 0 Å². The van der Waals surface area contributed by atoms with E-state index >= 15 is 0 Å². The van der Waals surface area contributed by atoms with Crippen molar-refractivity contribution in [3.05, 3.63) is 71.8 Å². The first-order valence-electron chi connectivity index (χ1n) is 9.39. The van der Waals surface area contributed by atoms with Crippen LogP contribution < -0.4 is 0 Å². The van der Waals surface area contributed by atoms with E-state index in [4.69, 9.17) is 5.11 Å². The standard InChI is InChI=1S/C22H18F3N3O3/c1-28(6-7-29)20(30)13-8-16(14-10-26-12-27-11-14)19-15-4-2-3-5-17(15)21(31,18(19)9-13)22(23,24)25/h2-5,8-12,29,31H,6-7H2,1H3. The van der Waals surface area contributed by atoms with E-state index in [2.05, 4.69) is 9.97 Å². The summed E-state index contributed by atoms with van der Waals surface area (Å²) in [5.74, 6) is -0.588. The van der Waals surface area contributed by atoms with E-state index in [9.17, 15) is 23.1 Å². The number of nitrogens with zero attached hydrogens (tertiary/aromatic N) is 3. The predicted molar refractivity (Wildman–Crippen MR) is 106 cm³/mol. The second-order valence-corrected chi connectivity index (χ2v) is 7.28. The Balaban J connectivity index is 2.07. The van der Waals surface area contributed by atoms with Crippen LogP contribution in [-0.4, -0.2) is 57.4 Å². The van der Waals surface area contributed by atoms with Crippen LogP contribution in [0.1, 0.15) is 21.5 Å². The highest BCUT2D eigenvalue weighted by molar-refractivity contribution is 6.00. The molecule has 0 fully saturated rings. The van der Waals surface area contributed by atoms with E-state index in [1.54, 1.807) is 6.07 Å². The molecular formula is C22H18F3N3O3. The number of amides is 1. The summed E-state index contributed by atoms with van der Waals surface area (Å²) in [6.45, 7) is -0.298. The van der Waals surface area contributed by atoms with Crippen LogP contribution in [0.5, 0.6) is 0 Å². The summed E-state index contributed by atoms with van der Waals surface area (Å²) < 4.78 is 42.7. The highest BCUT2D eigenvalue weighted by Crippen LogP contribution is 2.57. The van der Waals surface area contributed by atoms with Crippen molar-refractivity contribution in [1.29, 1.82) is 0 Å². The van der Waals surface area contributed by atoms with Gasteiger partial charge in [0.2, 0.25) is 5.60 Å². The van der Waals surface area contributed by atoms with Crippen LogP contribution in [-0.2, 0) is 5.60 Å². The zero-order valence-electron chi connectivity index (χ0n) is 16.4. The van der Waals surface area contributed by atoms with E-state index in [1.165, 1.54) is 54.9 Å². The Bertz CT molecular complexity index is 1150. The van der Waals surface area contributed by atoms with Gasteiger partial charge in [-0.1, -0.05) is 24.3 Å². The number of carbonyl (C=O) groups excluding carboxylic acids is 1. The molecule has 0 spiro atoms. The Hall–Kier alpha value is -3.30. The number of benzene rings is 2. The largest absolute Gasteiger partial charge is 0.425 e. The van der Waals surface area contributed by atoms with E-state index in [1.807, 2.05) is 0 Å². The Kier molecular flexibility index (Phi) is 5.03. The molecule has 1 heterocycles. The molecule has 1 atom stereocenters. The lowest BCUT2D eigenvalue weighted by molar-refractivity contribution is -0.246. The van der Waals surface area contributed by atoms with Crippen molar-refractivity contribution in [3.8, 4) is 22.3 Å². The van der Waals surface area contributed by atoms with Gasteiger partial charge in [-0.15, -0.1) is 0 Å². The van der Waals surface area contributed by atoms with Crippen LogP contribution in [0.25, 0.3) is 22.3 Å². The van der Waals surface area contributed by atoms with Crippen LogP contribution in [0, 0.1) is 0 Å². The second-order valence-electron chi connectivity index (χ2n) is 7.28. The first kappa shape index (κ1) is 21.0. The van der Waals surface area contributed by atoms with Crippen LogP contribution in [0.2, 0.25) is 0 Å². The number of fused-ring (bicyclic) bond motifs is 3. The van der Waals surface area contributed by atoms with Gasteiger partial charge in [0.25, 0.3) is 5.91 Å². The molecule has 3 aromatic rings. The third-order valence-electron chi connectivity index (χ3n) is 5.43. The van der Waals surface area contributed by atoms with Gasteiger partial charge >= 0.3 is 6.18 Å². The number of rotatable bonds is 4. The van der Waals surface area contributed by atoms with Gasteiger partial charge in [-0.3, -0.25) is 4.79 Å². The molecule has 6 nitrogen and oxygen atoms in total. The normalized spacial score (nSPS) is 17.2. The van der Waals surface area contributed by atoms with Gasteiger partial charge in [-0.05, 0) is 28.8 Å². The van der Waals surface area contributed by atoms with Crippen molar-refractivity contribution >= 4 is 5.91 Å². The molecule has 1 aliphatic carbocycles. The number of carbonyl (C=O) groups is 1. The smallest absolute Gasteiger partial charge is 0.395 e. The number of likely N-dealkylation sites (N-methyl/N-ethyl adjacent to an activating group) is 1. The van der Waals surface area contributed by atoms with Gasteiger partial charge in [0, 0.05) is 48.2 Å². The Morgan fingerprint density at radius 1 is 1.10 bits per heavy atom. The minimum atomic E-state index is -5.03. The number of aromatic nitrogens is 2. The monoisotopic (exact) mass is 429 g/mol. The zero-order chi connectivity index (χ0) is 22.4. The fourth-order valence-corrected chi connectivity index (χ4v) is 3.95. The minimum absolute atomic E-state index is 0.00344. The maximum Gasteiger partial charge on any atom is 0.425 e. The summed E-state index contributed by atoms with van der Waals surface area (Å²) in [4.78, 5) is 22.0. The van der Waals surface area contributed by atoms with E-state index in [0.29, 0.717) is 11.1 Å². The van der Waals surface area contributed by atoms with Crippen molar-refractivity contribution in [2.75, 3.05) is 20.2 Å². The number of halogens is 3. The quantitative estimate of drug-likeness (QED) is 0.666. The molecule has 1 aliphatic rings. The maximum atomic E-state index is 14.2. The average Bonchev–Trinajstić information content (AvgIpc) is 3.03. The second kappa shape index (κ2) is 7.44. The number of aliphatic hydroxyl groups excluding tert-OH is 1. The topological polar surface area (TPSA) is 86.5 Å². The van der Waals surface area contributed by atoms with Crippen LogP contribution in [0.3, 0.4) is 0 Å². The molecule has 0 aliphatic heterocycles. The van der Waals surface area contributed by atoms with E-state index in [-0.39, 0.29) is 35.4 Å². The third-order valence-corrected chi connectivity index (χ3v) is 5.43. The molecule has 1 aromatic heterocycles. The number of hydrogen-bond donors (Lipinski definition) is 2. The molecular weight excluding hydrogens is 411 g/mol. The van der Waals surface area contributed by atoms with Crippen molar-refractivity contribution in [2.24, 2.45) is 0 Å². The fourth-order valence-electron chi connectivity index (χ4n) is 3.95. The first-order chi connectivity index (χ1) is 14.7. The van der Waals surface area contributed by atoms with Gasteiger partial charge in [-0.25, -0.2) is 9.97 Å². The Morgan fingerprint density at radius 2 is 1.77 bits per heavy atom. The van der Waals surface area contributed by atoms with Crippen molar-refractivity contribution < 1.29 is 28.2 Å². The summed E-state index contributed by atoms with van der Waals surface area (Å²) in [7, 11) is 1.43. The van der Waals surface area contributed by atoms with Gasteiger partial charge in [-0.2, -0.15) is 13.2 Å². The minimum Gasteiger partial charge on any atom is -0.395 e. The third kappa shape index (κ3) is 3.17. The molecule has 0 saturated carbocycles. The lowest BCUT2D eigenvalue weighted by atomic mass is 9.87. The molecule has 1 unspecified atom stereocenters. The first-order valence-corrected chi connectivity index (χ1v) is 9.39. The summed E-state index contributed by atoms with van der Waals surface area (Å²) in [5.41, 5.74) is -2.97. The lowest BCUT2D eigenvalue weighted by Crippen LogP contribution is -2.42. The predicted octanol–water partition coefficient (Wildman–Crippen LogP) is 2.99. The molecule has 2 N–H and O–H groups in total. The summed E-state index contributed by atoms with van der Waals surface area (Å²) in [6.07, 6.45) is -0.880. The van der Waals surface area contributed by atoms with Gasteiger partial charge in [0.05, 0.1) is 6.61 Å². The van der Waals surface area contributed by atoms with Crippen LogP contribution in [0.4, 0.5) is 13.2 Å². The van der Waals surface area contributed by atoms with Crippen LogP contribution in [0.15, 0.2) is 55.1 Å². The number of alkyl halides is 3. The number of hydrogen-bond acceptors (Lipinski definition) is 5. The molecule has 31 heavy (non-hydrogen) atoms. The molecule has 4 rings (SSSR count). The van der Waals surface area contributed by atoms with Crippen LogP contribution >= 0.6 is 0 Å². The average molecular weight is 429 g/mol. The fraction of sp³-hybridized carbons (Fsp3) is 0.227. The Labute approximate surface area is 175 Å². The van der Waals surface area contributed by atoms with E-state index < -0.39 is 23.2 Å². The molecule has 0 saturated heterocycles. The molecule has 0 radical (unpaired) electrons. The highest BCUT2D eigenvalue weighted by atomic mass is 19.4. The van der Waals surface area contributed by atoms with Crippen molar-refractivity contribution in [2.45, 2.75) is 11.8 Å². The maximum absolute atomic E-state index is 14.2. The summed E-state index contributed by atoms with van der Waals surface area (Å²) >= 11 is 0. The van der Waals surface area contributed by atoms with Gasteiger partial charge in [0.15, 0.2) is 0 Å². The Morgan fingerprint density at radius 3 is 2.42 bits per heavy atom. The zero-order valence-corrected chi connectivity index (χ0v) is 16.4. The van der Waals surface area contributed by atoms with Gasteiger partial charge < -0.3 is 15.1 Å². The molecule has 0 bridgehead atoms. The van der Waals surface area contributed by atoms with Crippen molar-refractivity contribution in [1.82, 2.24) is 14.9 Å². The SMILES string of the molecule is CN(CCO)C(=O)c1cc(-c2cncnc2)c2c(c1)C(O)(C(F)(F)F)c1ccccc1-2. The molecule has 9 heteroatoms. The molecule has 160 valence electrons. The highest BCUT2D eigenvalue weighted by Gasteiger charge is 2.61. The summed E-state index contributed by atoms with van der Waals surface area (Å²) in [5, 5.41) is 20.2.